The number of phenols is 2. The number of aliphatic carboxylic acids is 1. The average molecular weight is 346 g/mol. The Hall–Kier alpha value is -2.89. The zero-order valence-corrected chi connectivity index (χ0v) is 14.4. The topological polar surface area (TPSA) is 96.2 Å². The van der Waals surface area contributed by atoms with Gasteiger partial charge in [0.05, 0.1) is 14.2 Å². The molecule has 0 amide bonds. The second-order valence-corrected chi connectivity index (χ2v) is 5.70. The van der Waals surface area contributed by atoms with Gasteiger partial charge < -0.3 is 24.8 Å². The normalized spacial score (nSPS) is 11.8. The third kappa shape index (κ3) is 3.63. The molecule has 0 aliphatic rings. The lowest BCUT2D eigenvalue weighted by Gasteiger charge is -2.24. The van der Waals surface area contributed by atoms with Crippen LogP contribution in [0, 0.1) is 6.92 Å². The van der Waals surface area contributed by atoms with Crippen molar-refractivity contribution < 1.29 is 29.6 Å². The first-order valence-corrected chi connectivity index (χ1v) is 7.85. The van der Waals surface area contributed by atoms with E-state index in [1.807, 2.05) is 30.3 Å². The standard InChI is InChI=1S/C19H22O6/c1-11-15(17(23)19(25-3)18(24-2)16(11)22)13(9-10-14(20)21)12-7-5-4-6-8-12/h4-8,13,22-23H,9-10H2,1-3H3,(H,20,21). The summed E-state index contributed by atoms with van der Waals surface area (Å²) in [5.41, 5.74) is 1.70. The number of carboxylic acid groups (broad SMARTS) is 1. The number of rotatable bonds is 7. The maximum atomic E-state index is 11.1. The van der Waals surface area contributed by atoms with E-state index >= 15 is 0 Å². The van der Waals surface area contributed by atoms with Gasteiger partial charge in [-0.3, -0.25) is 4.79 Å². The van der Waals surface area contributed by atoms with Crippen LogP contribution in [0.3, 0.4) is 0 Å². The second kappa shape index (κ2) is 7.79. The summed E-state index contributed by atoms with van der Waals surface area (Å²) in [5.74, 6) is -1.56. The molecule has 1 atom stereocenters. The summed E-state index contributed by atoms with van der Waals surface area (Å²) in [7, 11) is 2.74. The number of ether oxygens (including phenoxy) is 2. The van der Waals surface area contributed by atoms with Crippen molar-refractivity contribution in [2.75, 3.05) is 14.2 Å². The molecule has 0 aliphatic carbocycles. The Kier molecular flexibility index (Phi) is 5.75. The highest BCUT2D eigenvalue weighted by Gasteiger charge is 2.29. The van der Waals surface area contributed by atoms with E-state index in [4.69, 9.17) is 14.6 Å². The monoisotopic (exact) mass is 346 g/mol. The number of carbonyl (C=O) groups is 1. The lowest BCUT2D eigenvalue weighted by molar-refractivity contribution is -0.137. The molecule has 1 unspecified atom stereocenters. The van der Waals surface area contributed by atoms with E-state index in [9.17, 15) is 15.0 Å². The number of phenolic OH excluding ortho intramolecular Hbond substituents is 2. The molecule has 0 aromatic heterocycles. The third-order valence-corrected chi connectivity index (χ3v) is 4.26. The maximum Gasteiger partial charge on any atom is 0.303 e. The minimum atomic E-state index is -0.928. The molecule has 0 fully saturated rings. The summed E-state index contributed by atoms with van der Waals surface area (Å²) in [6, 6.07) is 9.26. The van der Waals surface area contributed by atoms with E-state index in [2.05, 4.69) is 0 Å². The Balaban J connectivity index is 2.68. The number of benzene rings is 2. The van der Waals surface area contributed by atoms with Crippen LogP contribution in [0.1, 0.15) is 35.4 Å². The summed E-state index contributed by atoms with van der Waals surface area (Å²) in [4.78, 5) is 11.1. The zero-order chi connectivity index (χ0) is 18.6. The molecule has 0 heterocycles. The Morgan fingerprint density at radius 2 is 1.60 bits per heavy atom. The van der Waals surface area contributed by atoms with E-state index in [-0.39, 0.29) is 35.8 Å². The fourth-order valence-electron chi connectivity index (χ4n) is 3.05. The van der Waals surface area contributed by atoms with Gasteiger partial charge in [0.1, 0.15) is 0 Å². The van der Waals surface area contributed by atoms with Crippen molar-refractivity contribution in [3.05, 3.63) is 47.0 Å². The summed E-state index contributed by atoms with van der Waals surface area (Å²) < 4.78 is 10.3. The van der Waals surface area contributed by atoms with Gasteiger partial charge in [0.25, 0.3) is 0 Å². The van der Waals surface area contributed by atoms with E-state index in [1.54, 1.807) is 6.92 Å². The highest BCUT2D eigenvalue weighted by Crippen LogP contribution is 2.52. The van der Waals surface area contributed by atoms with Crippen LogP contribution in [0.25, 0.3) is 0 Å². The third-order valence-electron chi connectivity index (χ3n) is 4.26. The minimum absolute atomic E-state index is 0.0249. The molecule has 0 spiro atoms. The van der Waals surface area contributed by atoms with Crippen molar-refractivity contribution in [1.82, 2.24) is 0 Å². The number of methoxy groups -OCH3 is 2. The van der Waals surface area contributed by atoms with Gasteiger partial charge in [0.15, 0.2) is 11.5 Å². The molecule has 2 aromatic carbocycles. The number of hydrogen-bond acceptors (Lipinski definition) is 5. The van der Waals surface area contributed by atoms with Gasteiger partial charge in [0, 0.05) is 23.5 Å². The summed E-state index contributed by atoms with van der Waals surface area (Å²) in [5, 5.41) is 30.3. The lowest BCUT2D eigenvalue weighted by Crippen LogP contribution is -2.08. The SMILES string of the molecule is COc1c(O)c(C)c(C(CCC(=O)O)c2ccccc2)c(O)c1OC. The first-order chi connectivity index (χ1) is 11.9. The van der Waals surface area contributed by atoms with Gasteiger partial charge >= 0.3 is 5.97 Å². The molecular formula is C19H22O6. The zero-order valence-electron chi connectivity index (χ0n) is 14.4. The first kappa shape index (κ1) is 18.4. The van der Waals surface area contributed by atoms with Crippen LogP contribution in [0.2, 0.25) is 0 Å². The number of aromatic hydroxyl groups is 2. The van der Waals surface area contributed by atoms with Gasteiger partial charge in [-0.2, -0.15) is 0 Å². The molecule has 2 rings (SSSR count). The largest absolute Gasteiger partial charge is 0.504 e. The Bertz CT molecular complexity index is 754. The molecular weight excluding hydrogens is 324 g/mol. The van der Waals surface area contributed by atoms with Crippen molar-refractivity contribution in [2.24, 2.45) is 0 Å². The fraction of sp³-hybridized carbons (Fsp3) is 0.316. The van der Waals surface area contributed by atoms with E-state index in [1.165, 1.54) is 14.2 Å². The molecule has 6 heteroatoms. The fourth-order valence-corrected chi connectivity index (χ4v) is 3.05. The molecule has 0 saturated heterocycles. The Morgan fingerprint density at radius 1 is 1.04 bits per heavy atom. The molecule has 0 bridgehead atoms. The number of hydrogen-bond donors (Lipinski definition) is 3. The van der Waals surface area contributed by atoms with Crippen molar-refractivity contribution in [3.8, 4) is 23.0 Å². The minimum Gasteiger partial charge on any atom is -0.504 e. The van der Waals surface area contributed by atoms with Crippen LogP contribution < -0.4 is 9.47 Å². The van der Waals surface area contributed by atoms with Gasteiger partial charge in [0.2, 0.25) is 11.5 Å². The van der Waals surface area contributed by atoms with E-state index < -0.39 is 11.9 Å². The Morgan fingerprint density at radius 3 is 2.12 bits per heavy atom. The van der Waals surface area contributed by atoms with Gasteiger partial charge in [-0.25, -0.2) is 0 Å². The van der Waals surface area contributed by atoms with Gasteiger partial charge in [-0.1, -0.05) is 30.3 Å². The van der Waals surface area contributed by atoms with E-state index in [0.29, 0.717) is 11.1 Å². The van der Waals surface area contributed by atoms with E-state index in [0.717, 1.165) is 5.56 Å². The highest BCUT2D eigenvalue weighted by molar-refractivity contribution is 5.69. The van der Waals surface area contributed by atoms with Crippen LogP contribution in [0.15, 0.2) is 30.3 Å². The molecule has 0 radical (unpaired) electrons. The average Bonchev–Trinajstić information content (AvgIpc) is 2.61. The highest BCUT2D eigenvalue weighted by atomic mass is 16.5. The van der Waals surface area contributed by atoms with Crippen molar-refractivity contribution >= 4 is 5.97 Å². The summed E-state index contributed by atoms with van der Waals surface area (Å²) in [6.45, 7) is 1.66. The van der Waals surface area contributed by atoms with Crippen molar-refractivity contribution in [3.63, 3.8) is 0 Å². The first-order valence-electron chi connectivity index (χ1n) is 7.85. The van der Waals surface area contributed by atoms with Crippen LogP contribution >= 0.6 is 0 Å². The summed E-state index contributed by atoms with van der Waals surface area (Å²) >= 11 is 0. The molecule has 6 nitrogen and oxygen atoms in total. The molecule has 0 aliphatic heterocycles. The van der Waals surface area contributed by atoms with Crippen molar-refractivity contribution in [2.45, 2.75) is 25.7 Å². The molecule has 2 aromatic rings. The van der Waals surface area contributed by atoms with Crippen LogP contribution in [0.4, 0.5) is 0 Å². The van der Waals surface area contributed by atoms with Crippen LogP contribution in [0.5, 0.6) is 23.0 Å². The molecule has 25 heavy (non-hydrogen) atoms. The maximum absolute atomic E-state index is 11.1. The molecule has 134 valence electrons. The molecule has 0 saturated carbocycles. The van der Waals surface area contributed by atoms with Gasteiger partial charge in [-0.15, -0.1) is 0 Å². The lowest BCUT2D eigenvalue weighted by atomic mass is 9.83. The van der Waals surface area contributed by atoms with Crippen molar-refractivity contribution in [1.29, 1.82) is 0 Å². The summed E-state index contributed by atoms with van der Waals surface area (Å²) in [6.07, 6.45) is 0.191. The predicted molar refractivity (Wildman–Crippen MR) is 92.8 cm³/mol. The smallest absolute Gasteiger partial charge is 0.303 e. The van der Waals surface area contributed by atoms with Crippen LogP contribution in [-0.4, -0.2) is 35.5 Å². The predicted octanol–water partition coefficient (Wildman–Crippen LogP) is 3.42. The van der Waals surface area contributed by atoms with Crippen LogP contribution in [-0.2, 0) is 4.79 Å². The quantitative estimate of drug-likeness (QED) is 0.665. The Labute approximate surface area is 146 Å². The second-order valence-electron chi connectivity index (χ2n) is 5.70. The number of carboxylic acids is 1. The van der Waals surface area contributed by atoms with Gasteiger partial charge in [-0.05, 0) is 18.9 Å². The molecule has 3 N–H and O–H groups in total.